The molecule has 20 heavy (non-hydrogen) atoms. The first-order valence-corrected chi connectivity index (χ1v) is 7.99. The molecule has 1 N–H and O–H groups in total. The van der Waals surface area contributed by atoms with E-state index in [0.717, 1.165) is 50.1 Å². The monoisotopic (exact) mass is 296 g/mol. The van der Waals surface area contributed by atoms with E-state index in [4.69, 9.17) is 4.74 Å². The van der Waals surface area contributed by atoms with E-state index in [-0.39, 0.29) is 4.75 Å². The lowest BCUT2D eigenvalue weighted by atomic mass is 10.2. The number of anilines is 1. The summed E-state index contributed by atoms with van der Waals surface area (Å²) >= 11 is 2.02. The van der Waals surface area contributed by atoms with Crippen LogP contribution in [-0.2, 0) is 11.3 Å². The van der Waals surface area contributed by atoms with Crippen LogP contribution < -0.4 is 10.2 Å². The van der Waals surface area contributed by atoms with Crippen molar-refractivity contribution in [2.75, 3.05) is 44.0 Å². The Morgan fingerprint density at radius 3 is 2.80 bits per heavy atom. The van der Waals surface area contributed by atoms with Crippen LogP contribution in [0.15, 0.2) is 12.4 Å². The third-order valence-electron chi connectivity index (χ3n) is 3.21. The zero-order chi connectivity index (χ0) is 14.4. The fraction of sp³-hybridized carbons (Fsp3) is 0.714. The largest absolute Gasteiger partial charge is 0.383 e. The average Bonchev–Trinajstić information content (AvgIpc) is 2.43. The normalized spacial score (nSPS) is 18.2. The Labute approximate surface area is 125 Å². The topological polar surface area (TPSA) is 50.3 Å². The number of rotatable bonds is 6. The fourth-order valence-corrected chi connectivity index (χ4v) is 3.31. The molecule has 0 aromatic carbocycles. The maximum Gasteiger partial charge on any atom is 0.225 e. The van der Waals surface area contributed by atoms with Crippen molar-refractivity contribution in [3.63, 3.8) is 0 Å². The second-order valence-corrected chi connectivity index (χ2v) is 7.39. The summed E-state index contributed by atoms with van der Waals surface area (Å²) in [5, 5.41) is 3.29. The van der Waals surface area contributed by atoms with Crippen molar-refractivity contribution in [3.8, 4) is 0 Å². The van der Waals surface area contributed by atoms with Crippen molar-refractivity contribution in [1.82, 2.24) is 15.3 Å². The molecule has 0 aliphatic carbocycles. The van der Waals surface area contributed by atoms with Crippen LogP contribution in [0.4, 0.5) is 5.95 Å². The van der Waals surface area contributed by atoms with Gasteiger partial charge in [-0.2, -0.15) is 11.8 Å². The molecule has 0 bridgehead atoms. The Morgan fingerprint density at radius 2 is 2.15 bits per heavy atom. The maximum atomic E-state index is 5.00. The molecule has 1 aliphatic heterocycles. The first-order chi connectivity index (χ1) is 9.61. The second-order valence-electron chi connectivity index (χ2n) is 5.59. The summed E-state index contributed by atoms with van der Waals surface area (Å²) in [6, 6.07) is 0. The molecular formula is C14H24N4OS. The highest BCUT2D eigenvalue weighted by molar-refractivity contribution is 8.00. The third-order valence-corrected chi connectivity index (χ3v) is 4.51. The van der Waals surface area contributed by atoms with Crippen LogP contribution >= 0.6 is 11.8 Å². The second kappa shape index (κ2) is 7.24. The number of hydrogen-bond donors (Lipinski definition) is 1. The molecule has 0 atom stereocenters. The molecule has 0 saturated carbocycles. The summed E-state index contributed by atoms with van der Waals surface area (Å²) in [4.78, 5) is 11.3. The Morgan fingerprint density at radius 1 is 1.40 bits per heavy atom. The van der Waals surface area contributed by atoms with Crippen molar-refractivity contribution in [3.05, 3.63) is 18.0 Å². The molecule has 1 aromatic rings. The Bertz CT molecular complexity index is 410. The van der Waals surface area contributed by atoms with Crippen LogP contribution in [0.2, 0.25) is 0 Å². The van der Waals surface area contributed by atoms with E-state index in [2.05, 4.69) is 34.0 Å². The summed E-state index contributed by atoms with van der Waals surface area (Å²) < 4.78 is 5.28. The van der Waals surface area contributed by atoms with Crippen molar-refractivity contribution in [2.45, 2.75) is 25.1 Å². The van der Waals surface area contributed by atoms with Crippen molar-refractivity contribution >= 4 is 17.7 Å². The molecule has 0 spiro atoms. The lowest BCUT2D eigenvalue weighted by molar-refractivity contribution is 0.199. The summed E-state index contributed by atoms with van der Waals surface area (Å²) in [5.74, 6) is 1.98. The van der Waals surface area contributed by atoms with Gasteiger partial charge in [0.1, 0.15) is 0 Å². The molecular weight excluding hydrogens is 272 g/mol. The van der Waals surface area contributed by atoms with Gasteiger partial charge in [-0.25, -0.2) is 9.97 Å². The highest BCUT2D eigenvalue weighted by atomic mass is 32.2. The molecule has 112 valence electrons. The van der Waals surface area contributed by atoms with Crippen molar-refractivity contribution in [2.24, 2.45) is 0 Å². The third kappa shape index (κ3) is 4.61. The molecule has 0 amide bonds. The molecule has 6 heteroatoms. The van der Waals surface area contributed by atoms with Gasteiger partial charge >= 0.3 is 0 Å². The molecule has 0 radical (unpaired) electrons. The van der Waals surface area contributed by atoms with Gasteiger partial charge in [0.05, 0.1) is 6.61 Å². The predicted octanol–water partition coefficient (Wildman–Crippen LogP) is 1.54. The summed E-state index contributed by atoms with van der Waals surface area (Å²) in [6.07, 6.45) is 3.83. The first kappa shape index (κ1) is 15.5. The van der Waals surface area contributed by atoms with E-state index in [1.165, 1.54) is 0 Å². The number of hydrogen-bond acceptors (Lipinski definition) is 6. The lowest BCUT2D eigenvalue weighted by Crippen LogP contribution is -2.43. The summed E-state index contributed by atoms with van der Waals surface area (Å²) in [5.41, 5.74) is 1.11. The zero-order valence-electron chi connectivity index (χ0n) is 12.6. The number of aromatic nitrogens is 2. The number of ether oxygens (including phenoxy) is 1. The smallest absolute Gasteiger partial charge is 0.225 e. The minimum atomic E-state index is 0.280. The van der Waals surface area contributed by atoms with Crippen LogP contribution in [0.25, 0.3) is 0 Å². The zero-order valence-corrected chi connectivity index (χ0v) is 13.4. The summed E-state index contributed by atoms with van der Waals surface area (Å²) in [7, 11) is 1.71. The fourth-order valence-electron chi connectivity index (χ4n) is 2.20. The Balaban J connectivity index is 1.87. The van der Waals surface area contributed by atoms with Gasteiger partial charge in [0.2, 0.25) is 5.95 Å². The standard InChI is InChI=1S/C14H24N4OS/c1-14(2)11-18(5-7-20-14)13-16-9-12(10-17-13)8-15-4-6-19-3/h9-10,15H,4-8,11H2,1-3H3. The van der Waals surface area contributed by atoms with Gasteiger partial charge in [-0.3, -0.25) is 0 Å². The van der Waals surface area contributed by atoms with Gasteiger partial charge in [0.25, 0.3) is 0 Å². The number of nitrogens with one attached hydrogen (secondary N) is 1. The van der Waals surface area contributed by atoms with Crippen LogP contribution in [-0.4, -0.2) is 53.8 Å². The SMILES string of the molecule is COCCNCc1cnc(N2CCSC(C)(C)C2)nc1. The van der Waals surface area contributed by atoms with E-state index >= 15 is 0 Å². The molecule has 5 nitrogen and oxygen atoms in total. The molecule has 1 fully saturated rings. The Kier molecular flexibility index (Phi) is 5.63. The van der Waals surface area contributed by atoms with E-state index in [0.29, 0.717) is 0 Å². The van der Waals surface area contributed by atoms with Gasteiger partial charge in [-0.1, -0.05) is 0 Å². The lowest BCUT2D eigenvalue weighted by Gasteiger charge is -2.37. The number of nitrogens with zero attached hydrogens (tertiary/aromatic N) is 3. The minimum Gasteiger partial charge on any atom is -0.383 e. The van der Waals surface area contributed by atoms with E-state index < -0.39 is 0 Å². The van der Waals surface area contributed by atoms with E-state index in [1.807, 2.05) is 24.2 Å². The molecule has 1 saturated heterocycles. The van der Waals surface area contributed by atoms with E-state index in [9.17, 15) is 0 Å². The molecule has 1 aliphatic rings. The average molecular weight is 296 g/mol. The van der Waals surface area contributed by atoms with E-state index in [1.54, 1.807) is 7.11 Å². The quantitative estimate of drug-likeness (QED) is 0.804. The molecule has 0 unspecified atom stereocenters. The van der Waals surface area contributed by atoms with Crippen molar-refractivity contribution < 1.29 is 4.74 Å². The van der Waals surface area contributed by atoms with Gasteiger partial charge in [-0.15, -0.1) is 0 Å². The predicted molar refractivity (Wildman–Crippen MR) is 84.4 cm³/mol. The first-order valence-electron chi connectivity index (χ1n) is 7.00. The van der Waals surface area contributed by atoms with Crippen LogP contribution in [0.3, 0.4) is 0 Å². The highest BCUT2D eigenvalue weighted by Crippen LogP contribution is 2.30. The number of methoxy groups -OCH3 is 1. The molecule has 2 rings (SSSR count). The maximum absolute atomic E-state index is 5.00. The van der Waals surface area contributed by atoms with Gasteiger partial charge in [0, 0.05) is 61.7 Å². The Hall–Kier alpha value is -0.850. The van der Waals surface area contributed by atoms with Gasteiger partial charge in [-0.05, 0) is 13.8 Å². The van der Waals surface area contributed by atoms with Crippen LogP contribution in [0.1, 0.15) is 19.4 Å². The van der Waals surface area contributed by atoms with Gasteiger partial charge in [0.15, 0.2) is 0 Å². The van der Waals surface area contributed by atoms with Gasteiger partial charge < -0.3 is 15.0 Å². The molecule has 1 aromatic heterocycles. The summed E-state index contributed by atoms with van der Waals surface area (Å²) in [6.45, 7) is 8.93. The van der Waals surface area contributed by atoms with Crippen LogP contribution in [0, 0.1) is 0 Å². The minimum absolute atomic E-state index is 0.280. The van der Waals surface area contributed by atoms with Crippen molar-refractivity contribution in [1.29, 1.82) is 0 Å². The molecule has 2 heterocycles. The number of thioether (sulfide) groups is 1. The highest BCUT2D eigenvalue weighted by Gasteiger charge is 2.28. The van der Waals surface area contributed by atoms with Crippen LogP contribution in [0.5, 0.6) is 0 Å².